The normalized spacial score (nSPS) is 19.1. The van der Waals surface area contributed by atoms with Crippen molar-refractivity contribution in [3.8, 4) is 10.4 Å². The third kappa shape index (κ3) is 5.70. The van der Waals surface area contributed by atoms with E-state index >= 15 is 0 Å². The second-order valence-corrected chi connectivity index (χ2v) is 9.77. The van der Waals surface area contributed by atoms with Gasteiger partial charge in [0.1, 0.15) is 11.0 Å². The molecule has 172 valence electrons. The molecule has 2 heterocycles. The topological polar surface area (TPSA) is 94.6 Å². The zero-order valence-electron chi connectivity index (χ0n) is 18.8. The van der Waals surface area contributed by atoms with E-state index in [1.165, 1.54) is 6.92 Å². The summed E-state index contributed by atoms with van der Waals surface area (Å²) in [4.78, 5) is 32.3. The van der Waals surface area contributed by atoms with Gasteiger partial charge in [-0.3, -0.25) is 9.59 Å². The van der Waals surface area contributed by atoms with Gasteiger partial charge in [0.2, 0.25) is 11.8 Å². The molecule has 0 radical (unpaired) electrons. The minimum absolute atomic E-state index is 0.0635. The van der Waals surface area contributed by atoms with Crippen LogP contribution in [0.3, 0.4) is 0 Å². The van der Waals surface area contributed by atoms with Gasteiger partial charge in [-0.15, -0.1) is 11.3 Å². The van der Waals surface area contributed by atoms with Crippen LogP contribution < -0.4 is 10.6 Å². The first-order valence-electron chi connectivity index (χ1n) is 10.7. The number of β-amino-alcohol motifs (C(OH)–C–C–N with tert-alkyl or cyclic N) is 1. The van der Waals surface area contributed by atoms with Crippen molar-refractivity contribution >= 4 is 40.4 Å². The van der Waals surface area contributed by atoms with E-state index in [1.807, 2.05) is 50.5 Å². The Hall–Kier alpha value is -2.36. The van der Waals surface area contributed by atoms with E-state index in [9.17, 15) is 14.7 Å². The number of rotatable bonds is 7. The Morgan fingerprint density at radius 2 is 2.00 bits per heavy atom. The fourth-order valence-corrected chi connectivity index (χ4v) is 5.22. The van der Waals surface area contributed by atoms with Gasteiger partial charge < -0.3 is 20.6 Å². The molecule has 1 fully saturated rings. The first-order valence-corrected chi connectivity index (χ1v) is 12.0. The van der Waals surface area contributed by atoms with E-state index in [0.717, 1.165) is 21.7 Å². The van der Waals surface area contributed by atoms with Crippen LogP contribution in [-0.2, 0) is 16.1 Å². The maximum Gasteiger partial charge on any atom is 0.243 e. The molecule has 0 bridgehead atoms. The Bertz CT molecular complexity index is 974. The predicted octanol–water partition coefficient (Wildman–Crippen LogP) is 2.66. The summed E-state index contributed by atoms with van der Waals surface area (Å²) in [6, 6.07) is 7.11. The smallest absolute Gasteiger partial charge is 0.243 e. The van der Waals surface area contributed by atoms with Gasteiger partial charge in [0.15, 0.2) is 0 Å². The second-order valence-electron chi connectivity index (χ2n) is 8.50. The molecular formula is C23H30N4O3S2. The number of hydrogen-bond acceptors (Lipinski definition) is 6. The molecule has 0 spiro atoms. The van der Waals surface area contributed by atoms with Crippen LogP contribution in [0.4, 0.5) is 0 Å². The Balaban J connectivity index is 1.64. The highest BCUT2D eigenvalue weighted by Gasteiger charge is 2.39. The lowest BCUT2D eigenvalue weighted by molar-refractivity contribution is -0.124. The van der Waals surface area contributed by atoms with Gasteiger partial charge in [-0.2, -0.15) is 0 Å². The number of thiazole rings is 1. The molecule has 3 N–H and O–H groups in total. The first kappa shape index (κ1) is 24.3. The zero-order chi connectivity index (χ0) is 23.4. The van der Waals surface area contributed by atoms with E-state index < -0.39 is 12.1 Å². The molecule has 0 saturated carbocycles. The van der Waals surface area contributed by atoms with Crippen molar-refractivity contribution in [1.82, 2.24) is 20.5 Å². The second kappa shape index (κ2) is 10.5. The van der Waals surface area contributed by atoms with E-state index in [0.29, 0.717) is 18.0 Å². The lowest BCUT2D eigenvalue weighted by atomic mass is 10.0. The molecule has 3 atom stereocenters. The summed E-state index contributed by atoms with van der Waals surface area (Å²) in [5.74, 6) is -0.297. The number of amides is 2. The molecule has 1 aliphatic rings. The average molecular weight is 475 g/mol. The number of hydrogen-bond donors (Lipinski definition) is 3. The predicted molar refractivity (Wildman–Crippen MR) is 130 cm³/mol. The summed E-state index contributed by atoms with van der Waals surface area (Å²) in [5.41, 5.74) is 4.93. The highest BCUT2D eigenvalue weighted by atomic mass is 32.1. The minimum atomic E-state index is -0.643. The lowest BCUT2D eigenvalue weighted by Crippen LogP contribution is -2.54. The number of aryl methyl sites for hydroxylation is 1. The van der Waals surface area contributed by atoms with Crippen LogP contribution in [0.15, 0.2) is 29.8 Å². The number of aromatic nitrogens is 1. The molecule has 0 aliphatic carbocycles. The fraction of sp³-hybridized carbons (Fsp3) is 0.478. The van der Waals surface area contributed by atoms with Gasteiger partial charge in [-0.25, -0.2) is 4.98 Å². The Labute approximate surface area is 198 Å². The molecule has 9 heteroatoms. The fourth-order valence-electron chi connectivity index (χ4n) is 3.88. The number of benzene rings is 1. The van der Waals surface area contributed by atoms with Gasteiger partial charge in [0, 0.05) is 26.4 Å². The molecule has 3 rings (SSSR count). The monoisotopic (exact) mass is 474 g/mol. The van der Waals surface area contributed by atoms with Crippen LogP contribution in [0.2, 0.25) is 0 Å². The van der Waals surface area contributed by atoms with Crippen molar-refractivity contribution in [2.75, 3.05) is 6.54 Å². The standard InChI is InChI=1S/C23H30N4O3S2/c1-13(2)20(26-15(4)28)23(31)27-11-18(29)9-19(27)22(30)24-10-16-5-7-17(8-6-16)21-14(3)25-12-32-21/h5-8,12-13,18-20,29H,9-11H2,1-4H3,(H,24,30)(H,26,28)/t18-,19?,20+/m1/s1. The zero-order valence-corrected chi connectivity index (χ0v) is 20.4. The highest BCUT2D eigenvalue weighted by molar-refractivity contribution is 7.80. The van der Waals surface area contributed by atoms with E-state index in [1.54, 1.807) is 16.2 Å². The number of nitrogens with zero attached hydrogens (tertiary/aromatic N) is 2. The molecule has 1 aromatic carbocycles. The summed E-state index contributed by atoms with van der Waals surface area (Å²) in [6.07, 6.45) is -0.337. The van der Waals surface area contributed by atoms with Crippen molar-refractivity contribution in [2.24, 2.45) is 5.92 Å². The summed E-state index contributed by atoms with van der Waals surface area (Å²) in [7, 11) is 0. The number of aliphatic hydroxyl groups excluding tert-OH is 1. The van der Waals surface area contributed by atoms with Crippen molar-refractivity contribution in [3.05, 3.63) is 41.0 Å². The third-order valence-corrected chi connectivity index (χ3v) is 7.05. The minimum Gasteiger partial charge on any atom is -0.391 e. The van der Waals surface area contributed by atoms with Crippen LogP contribution in [0.25, 0.3) is 10.4 Å². The van der Waals surface area contributed by atoms with Crippen molar-refractivity contribution in [3.63, 3.8) is 0 Å². The maximum absolute atomic E-state index is 13.0. The number of carbonyl (C=O) groups is 2. The molecule has 2 amide bonds. The number of nitrogens with one attached hydrogen (secondary N) is 2. The molecular weight excluding hydrogens is 444 g/mol. The molecule has 2 aromatic rings. The molecule has 7 nitrogen and oxygen atoms in total. The lowest BCUT2D eigenvalue weighted by Gasteiger charge is -2.32. The summed E-state index contributed by atoms with van der Waals surface area (Å²) >= 11 is 7.24. The van der Waals surface area contributed by atoms with E-state index in [-0.39, 0.29) is 30.3 Å². The van der Waals surface area contributed by atoms with Crippen LogP contribution in [0.1, 0.15) is 38.4 Å². The van der Waals surface area contributed by atoms with Gasteiger partial charge in [-0.05, 0) is 24.0 Å². The van der Waals surface area contributed by atoms with Crippen molar-refractivity contribution < 1.29 is 14.7 Å². The first-order chi connectivity index (χ1) is 15.2. The molecule has 1 aliphatic heterocycles. The van der Waals surface area contributed by atoms with Crippen LogP contribution >= 0.6 is 23.6 Å². The molecule has 1 unspecified atom stereocenters. The van der Waals surface area contributed by atoms with Crippen molar-refractivity contribution in [2.45, 2.75) is 58.8 Å². The largest absolute Gasteiger partial charge is 0.391 e. The Morgan fingerprint density at radius 3 is 2.56 bits per heavy atom. The van der Waals surface area contributed by atoms with Gasteiger partial charge in [-0.1, -0.05) is 50.3 Å². The van der Waals surface area contributed by atoms with Crippen LogP contribution in [0, 0.1) is 12.8 Å². The summed E-state index contributed by atoms with van der Waals surface area (Å²) < 4.78 is 0. The Kier molecular flexibility index (Phi) is 7.97. The van der Waals surface area contributed by atoms with E-state index in [2.05, 4.69) is 15.6 Å². The number of aliphatic hydroxyl groups is 1. The molecule has 1 aromatic heterocycles. The Morgan fingerprint density at radius 1 is 1.31 bits per heavy atom. The van der Waals surface area contributed by atoms with E-state index in [4.69, 9.17) is 12.2 Å². The maximum atomic E-state index is 13.0. The molecule has 32 heavy (non-hydrogen) atoms. The number of likely N-dealkylation sites (tertiary alicyclic amines) is 1. The van der Waals surface area contributed by atoms with Gasteiger partial charge in [0.25, 0.3) is 0 Å². The van der Waals surface area contributed by atoms with Crippen LogP contribution in [0.5, 0.6) is 0 Å². The summed E-state index contributed by atoms with van der Waals surface area (Å²) in [6.45, 7) is 8.03. The third-order valence-electron chi connectivity index (χ3n) is 5.58. The quantitative estimate of drug-likeness (QED) is 0.534. The summed E-state index contributed by atoms with van der Waals surface area (Å²) in [5, 5.41) is 16.1. The average Bonchev–Trinajstić information content (AvgIpc) is 3.35. The van der Waals surface area contributed by atoms with Crippen molar-refractivity contribution in [1.29, 1.82) is 0 Å². The highest BCUT2D eigenvalue weighted by Crippen LogP contribution is 2.27. The van der Waals surface area contributed by atoms with Gasteiger partial charge in [0.05, 0.1) is 28.2 Å². The number of carbonyl (C=O) groups excluding carboxylic acids is 2. The number of thiocarbonyl (C=S) groups is 1. The SMILES string of the molecule is CC(=O)N[C@H](C(=S)N1C[C@H](O)CC1C(=O)NCc1ccc(-c2scnc2C)cc1)C(C)C. The van der Waals surface area contributed by atoms with Gasteiger partial charge >= 0.3 is 0 Å². The molecule has 1 saturated heterocycles. The van der Waals surface area contributed by atoms with Crippen LogP contribution in [-0.4, -0.2) is 56.5 Å².